The van der Waals surface area contributed by atoms with Gasteiger partial charge in [0, 0.05) is 16.6 Å². The van der Waals surface area contributed by atoms with Crippen molar-refractivity contribution in [3.8, 4) is 17.1 Å². The van der Waals surface area contributed by atoms with Crippen molar-refractivity contribution in [1.29, 1.82) is 0 Å². The third-order valence-corrected chi connectivity index (χ3v) is 5.15. The van der Waals surface area contributed by atoms with Crippen molar-refractivity contribution in [3.05, 3.63) is 103 Å². The molecule has 3 aromatic carbocycles. The summed E-state index contributed by atoms with van der Waals surface area (Å²) in [5.41, 5.74) is 9.50. The molecule has 0 radical (unpaired) electrons. The number of fused-ring (bicyclic) bond motifs is 1. The Bertz CT molecular complexity index is 1330. The molecule has 0 saturated heterocycles. The molecule has 5 aromatic rings. The summed E-state index contributed by atoms with van der Waals surface area (Å²) in [5, 5.41) is 4.29. The van der Waals surface area contributed by atoms with Crippen LogP contribution in [-0.4, -0.2) is 9.97 Å². The van der Waals surface area contributed by atoms with Gasteiger partial charge in [0.1, 0.15) is 36.0 Å². The highest BCUT2D eigenvalue weighted by Crippen LogP contribution is 2.30. The van der Waals surface area contributed by atoms with E-state index in [0.29, 0.717) is 13.2 Å². The normalized spacial score (nSPS) is 10.9. The minimum Gasteiger partial charge on any atom is -0.489 e. The van der Waals surface area contributed by atoms with Gasteiger partial charge in [0.15, 0.2) is 0 Å². The molecule has 3 N–H and O–H groups in total. The van der Waals surface area contributed by atoms with Crippen molar-refractivity contribution in [2.75, 3.05) is 5.32 Å². The van der Waals surface area contributed by atoms with E-state index in [1.165, 1.54) is 0 Å². The summed E-state index contributed by atoms with van der Waals surface area (Å²) in [4.78, 5) is 8.84. The van der Waals surface area contributed by atoms with Crippen LogP contribution in [0.3, 0.4) is 0 Å². The molecule has 0 bridgehead atoms. The predicted octanol–water partition coefficient (Wildman–Crippen LogP) is 5.67. The minimum absolute atomic E-state index is 0.370. The molecular weight excluding hydrogens is 400 g/mol. The maximum atomic E-state index is 5.87. The monoisotopic (exact) mass is 422 g/mol. The molecule has 0 unspecified atom stereocenters. The van der Waals surface area contributed by atoms with E-state index in [0.717, 1.165) is 50.8 Å². The van der Waals surface area contributed by atoms with Crippen LogP contribution in [0, 0.1) is 0 Å². The summed E-state index contributed by atoms with van der Waals surface area (Å²) >= 11 is 0. The van der Waals surface area contributed by atoms with E-state index in [4.69, 9.17) is 14.9 Å². The Morgan fingerprint density at radius 2 is 1.72 bits per heavy atom. The number of anilines is 2. The Labute approximate surface area is 185 Å². The van der Waals surface area contributed by atoms with Gasteiger partial charge in [0.05, 0.1) is 12.1 Å². The summed E-state index contributed by atoms with van der Waals surface area (Å²) in [6.07, 6.45) is 1.56. The third-order valence-electron chi connectivity index (χ3n) is 5.15. The van der Waals surface area contributed by atoms with Crippen LogP contribution in [0.1, 0.15) is 11.3 Å². The van der Waals surface area contributed by atoms with Gasteiger partial charge in [-0.25, -0.2) is 9.97 Å². The Morgan fingerprint density at radius 1 is 0.875 bits per heavy atom. The van der Waals surface area contributed by atoms with Crippen LogP contribution < -0.4 is 15.8 Å². The fraction of sp³-hybridized carbons (Fsp3) is 0.0769. The van der Waals surface area contributed by atoms with E-state index in [2.05, 4.69) is 15.3 Å². The average molecular weight is 422 g/mol. The zero-order valence-corrected chi connectivity index (χ0v) is 17.4. The maximum Gasteiger partial charge on any atom is 0.141 e. The number of nitrogens with two attached hydrogens (primary N) is 1. The highest BCUT2D eigenvalue weighted by molar-refractivity contribution is 5.93. The van der Waals surface area contributed by atoms with E-state index in [1.54, 1.807) is 6.33 Å². The van der Waals surface area contributed by atoms with E-state index in [1.807, 2.05) is 84.9 Å². The Hall–Kier alpha value is -4.16. The second kappa shape index (κ2) is 8.91. The first-order valence-electron chi connectivity index (χ1n) is 10.4. The van der Waals surface area contributed by atoms with Crippen molar-refractivity contribution < 1.29 is 9.15 Å². The van der Waals surface area contributed by atoms with Crippen molar-refractivity contribution >= 4 is 22.4 Å². The summed E-state index contributed by atoms with van der Waals surface area (Å²) in [7, 11) is 0. The molecular formula is C26H22N4O2. The molecule has 32 heavy (non-hydrogen) atoms. The van der Waals surface area contributed by atoms with Gasteiger partial charge < -0.3 is 20.2 Å². The van der Waals surface area contributed by atoms with Gasteiger partial charge in [-0.05, 0) is 60.2 Å². The van der Waals surface area contributed by atoms with Crippen LogP contribution in [0.15, 0.2) is 95.7 Å². The van der Waals surface area contributed by atoms with Crippen LogP contribution >= 0.6 is 0 Å². The molecule has 158 valence electrons. The lowest BCUT2D eigenvalue weighted by molar-refractivity contribution is 0.306. The molecule has 0 atom stereocenters. The third kappa shape index (κ3) is 4.31. The number of aromatic nitrogens is 2. The highest BCUT2D eigenvalue weighted by atomic mass is 16.5. The van der Waals surface area contributed by atoms with E-state index in [-0.39, 0.29) is 0 Å². The summed E-state index contributed by atoms with van der Waals surface area (Å²) < 4.78 is 11.7. The van der Waals surface area contributed by atoms with Crippen molar-refractivity contribution in [3.63, 3.8) is 0 Å². The second-order valence-corrected chi connectivity index (χ2v) is 7.35. The Kier molecular flexibility index (Phi) is 5.51. The molecule has 0 aliphatic heterocycles. The highest BCUT2D eigenvalue weighted by Gasteiger charge is 2.09. The minimum atomic E-state index is 0.370. The molecule has 2 aromatic heterocycles. The smallest absolute Gasteiger partial charge is 0.141 e. The zero-order valence-electron chi connectivity index (χ0n) is 17.4. The molecule has 2 heterocycles. The SMILES string of the molecule is NCc1ccc(-c2ccc3ncnc(Nc4ccc(OCc5ccccc5)cc4)c3c2)o1. The summed E-state index contributed by atoms with van der Waals surface area (Å²) in [6.45, 7) is 0.903. The molecule has 0 spiro atoms. The van der Waals surface area contributed by atoms with Crippen LogP contribution in [0.4, 0.5) is 11.5 Å². The molecule has 6 nitrogen and oxygen atoms in total. The zero-order chi connectivity index (χ0) is 21.8. The standard InChI is InChI=1S/C26H22N4O2/c27-15-22-11-13-25(32-22)19-6-12-24-23(14-19)26(29-17-28-24)30-20-7-9-21(10-8-20)31-16-18-4-2-1-3-5-18/h1-14,17H,15-16,27H2,(H,28,29,30). The fourth-order valence-electron chi connectivity index (χ4n) is 3.46. The number of ether oxygens (including phenoxy) is 1. The molecule has 6 heteroatoms. The van der Waals surface area contributed by atoms with Crippen LogP contribution in [0.5, 0.6) is 5.75 Å². The van der Waals surface area contributed by atoms with Crippen LogP contribution in [0.2, 0.25) is 0 Å². The lowest BCUT2D eigenvalue weighted by atomic mass is 10.1. The van der Waals surface area contributed by atoms with Crippen molar-refractivity contribution in [2.24, 2.45) is 5.73 Å². The maximum absolute atomic E-state index is 5.87. The van der Waals surface area contributed by atoms with Gasteiger partial charge in [0.2, 0.25) is 0 Å². The average Bonchev–Trinajstić information content (AvgIpc) is 3.34. The van der Waals surface area contributed by atoms with Gasteiger partial charge >= 0.3 is 0 Å². The first-order chi connectivity index (χ1) is 15.8. The summed E-state index contributed by atoms with van der Waals surface area (Å²) in [5.74, 6) is 3.04. The number of hydrogen-bond donors (Lipinski definition) is 2. The van der Waals surface area contributed by atoms with Crippen molar-refractivity contribution in [1.82, 2.24) is 9.97 Å². The number of furan rings is 1. The Balaban J connectivity index is 1.35. The predicted molar refractivity (Wildman–Crippen MR) is 126 cm³/mol. The van der Waals surface area contributed by atoms with Crippen LogP contribution in [-0.2, 0) is 13.2 Å². The number of benzene rings is 3. The second-order valence-electron chi connectivity index (χ2n) is 7.35. The van der Waals surface area contributed by atoms with Gasteiger partial charge in [0.25, 0.3) is 0 Å². The van der Waals surface area contributed by atoms with Gasteiger partial charge in [-0.2, -0.15) is 0 Å². The van der Waals surface area contributed by atoms with Gasteiger partial charge in [-0.3, -0.25) is 0 Å². The molecule has 0 fully saturated rings. The lowest BCUT2D eigenvalue weighted by Crippen LogP contribution is -1.97. The molecule has 0 saturated carbocycles. The Morgan fingerprint density at radius 3 is 2.50 bits per heavy atom. The first-order valence-corrected chi connectivity index (χ1v) is 10.4. The van der Waals surface area contributed by atoms with Crippen LogP contribution in [0.25, 0.3) is 22.2 Å². The molecule has 0 amide bonds. The molecule has 5 rings (SSSR count). The van der Waals surface area contributed by atoms with E-state index >= 15 is 0 Å². The first kappa shape index (κ1) is 19.8. The molecule has 0 aliphatic rings. The van der Waals surface area contributed by atoms with Gasteiger partial charge in [-0.15, -0.1) is 0 Å². The fourth-order valence-corrected chi connectivity index (χ4v) is 3.46. The lowest BCUT2D eigenvalue weighted by Gasteiger charge is -2.11. The van der Waals surface area contributed by atoms with Gasteiger partial charge in [-0.1, -0.05) is 30.3 Å². The quantitative estimate of drug-likeness (QED) is 0.351. The van der Waals surface area contributed by atoms with E-state index in [9.17, 15) is 0 Å². The number of hydrogen-bond acceptors (Lipinski definition) is 6. The largest absolute Gasteiger partial charge is 0.489 e. The number of nitrogens with one attached hydrogen (secondary N) is 1. The van der Waals surface area contributed by atoms with E-state index < -0.39 is 0 Å². The number of rotatable bonds is 7. The number of nitrogens with zero attached hydrogens (tertiary/aromatic N) is 2. The topological polar surface area (TPSA) is 86.2 Å². The summed E-state index contributed by atoms with van der Waals surface area (Å²) in [6, 6.07) is 27.7. The molecule has 0 aliphatic carbocycles. The van der Waals surface area contributed by atoms with Crippen molar-refractivity contribution in [2.45, 2.75) is 13.2 Å².